The summed E-state index contributed by atoms with van der Waals surface area (Å²) in [4.78, 5) is 18.1. The Hall–Kier alpha value is -2.14. The molecule has 0 aliphatic carbocycles. The largest absolute Gasteiger partial charge is 0.337 e. The molecule has 23 heavy (non-hydrogen) atoms. The van der Waals surface area contributed by atoms with Crippen molar-refractivity contribution in [3.8, 4) is 0 Å². The van der Waals surface area contributed by atoms with Crippen LogP contribution in [0, 0.1) is 0 Å². The van der Waals surface area contributed by atoms with Gasteiger partial charge in [-0.1, -0.05) is 30.3 Å². The highest BCUT2D eigenvalue weighted by Crippen LogP contribution is 2.27. The smallest absolute Gasteiger partial charge is 0.326 e. The van der Waals surface area contributed by atoms with E-state index in [0.717, 1.165) is 26.1 Å². The Kier molecular flexibility index (Phi) is 5.42. The van der Waals surface area contributed by atoms with Crippen LogP contribution in [0.5, 0.6) is 0 Å². The Labute approximate surface area is 137 Å². The summed E-state index contributed by atoms with van der Waals surface area (Å²) >= 11 is 0. The maximum atomic E-state index is 11.8. The molecule has 122 valence electrons. The van der Waals surface area contributed by atoms with Crippen molar-refractivity contribution in [1.29, 1.82) is 0 Å². The summed E-state index contributed by atoms with van der Waals surface area (Å²) in [5.74, 6) is 0.702. The number of amides is 1. The van der Waals surface area contributed by atoms with E-state index in [1.807, 2.05) is 0 Å². The van der Waals surface area contributed by atoms with E-state index < -0.39 is 0 Å². The van der Waals surface area contributed by atoms with Crippen LogP contribution in [0.25, 0.3) is 0 Å². The fourth-order valence-electron chi connectivity index (χ4n) is 3.18. The van der Waals surface area contributed by atoms with Crippen LogP contribution in [-0.2, 0) is 0 Å². The molecule has 0 saturated carbocycles. The maximum absolute atomic E-state index is 11.8. The van der Waals surface area contributed by atoms with Crippen molar-refractivity contribution in [3.63, 3.8) is 0 Å². The first-order chi connectivity index (χ1) is 11.3. The average Bonchev–Trinajstić information content (AvgIpc) is 3.15. The Morgan fingerprint density at radius 3 is 2.70 bits per heavy atom. The van der Waals surface area contributed by atoms with Gasteiger partial charge >= 0.3 is 6.03 Å². The molecule has 0 unspecified atom stereocenters. The van der Waals surface area contributed by atoms with Gasteiger partial charge in [-0.3, -0.25) is 4.57 Å². The number of carbonyl (C=O) groups is 1. The SMILES string of the molecule is O=C(NCCCN1CCC(c2ccccc2)CC1)n1ccnc1. The predicted octanol–water partition coefficient (Wildman–Crippen LogP) is 2.71. The van der Waals surface area contributed by atoms with Gasteiger partial charge in [-0.05, 0) is 50.4 Å². The predicted molar refractivity (Wildman–Crippen MR) is 90.5 cm³/mol. The Morgan fingerprint density at radius 1 is 1.22 bits per heavy atom. The molecule has 0 radical (unpaired) electrons. The Balaban J connectivity index is 1.33. The lowest BCUT2D eigenvalue weighted by molar-refractivity contribution is 0.208. The van der Waals surface area contributed by atoms with Gasteiger partial charge in [0.05, 0.1) is 0 Å². The number of nitrogens with zero attached hydrogens (tertiary/aromatic N) is 3. The van der Waals surface area contributed by atoms with Crippen LogP contribution in [0.3, 0.4) is 0 Å². The van der Waals surface area contributed by atoms with E-state index >= 15 is 0 Å². The molecule has 1 fully saturated rings. The molecule has 2 aromatic rings. The van der Waals surface area contributed by atoms with E-state index in [1.165, 1.54) is 29.3 Å². The van der Waals surface area contributed by atoms with E-state index in [-0.39, 0.29) is 6.03 Å². The first-order valence-corrected chi connectivity index (χ1v) is 8.36. The van der Waals surface area contributed by atoms with Crippen molar-refractivity contribution < 1.29 is 4.79 Å². The van der Waals surface area contributed by atoms with Gasteiger partial charge in [-0.25, -0.2) is 9.78 Å². The molecule has 3 rings (SSSR count). The van der Waals surface area contributed by atoms with Gasteiger partial charge in [0, 0.05) is 18.9 Å². The van der Waals surface area contributed by atoms with Gasteiger partial charge in [0.2, 0.25) is 0 Å². The second-order valence-electron chi connectivity index (χ2n) is 6.08. The van der Waals surface area contributed by atoms with Gasteiger partial charge in [-0.2, -0.15) is 0 Å². The van der Waals surface area contributed by atoms with E-state index in [0.29, 0.717) is 12.5 Å². The van der Waals surface area contributed by atoms with E-state index in [1.54, 1.807) is 12.4 Å². The number of benzene rings is 1. The summed E-state index contributed by atoms with van der Waals surface area (Å²) in [5.41, 5.74) is 1.47. The van der Waals surface area contributed by atoms with Crippen molar-refractivity contribution >= 4 is 6.03 Å². The lowest BCUT2D eigenvalue weighted by Gasteiger charge is -2.32. The molecule has 1 saturated heterocycles. The third kappa shape index (κ3) is 4.42. The minimum atomic E-state index is -0.106. The van der Waals surface area contributed by atoms with E-state index in [2.05, 4.69) is 45.5 Å². The van der Waals surface area contributed by atoms with Crippen LogP contribution in [0.4, 0.5) is 4.79 Å². The lowest BCUT2D eigenvalue weighted by atomic mass is 9.89. The maximum Gasteiger partial charge on any atom is 0.326 e. The van der Waals surface area contributed by atoms with Gasteiger partial charge < -0.3 is 10.2 Å². The van der Waals surface area contributed by atoms with Crippen LogP contribution in [0.1, 0.15) is 30.7 Å². The van der Waals surface area contributed by atoms with Gasteiger partial charge in [-0.15, -0.1) is 0 Å². The molecule has 1 aliphatic rings. The van der Waals surface area contributed by atoms with Gasteiger partial charge in [0.15, 0.2) is 0 Å². The Bertz CT molecular complexity index is 589. The molecule has 0 bridgehead atoms. The molecule has 1 aliphatic heterocycles. The van der Waals surface area contributed by atoms with Crippen LogP contribution in [0.15, 0.2) is 49.1 Å². The van der Waals surface area contributed by atoms with Crippen LogP contribution >= 0.6 is 0 Å². The van der Waals surface area contributed by atoms with Gasteiger partial charge in [0.1, 0.15) is 6.33 Å². The lowest BCUT2D eigenvalue weighted by Crippen LogP contribution is -2.36. The second kappa shape index (κ2) is 7.92. The van der Waals surface area contributed by atoms with Crippen molar-refractivity contribution in [2.24, 2.45) is 0 Å². The summed E-state index contributed by atoms with van der Waals surface area (Å²) in [6.07, 6.45) is 8.22. The number of rotatable bonds is 5. The van der Waals surface area contributed by atoms with Gasteiger partial charge in [0.25, 0.3) is 0 Å². The molecule has 1 amide bonds. The number of piperidine rings is 1. The zero-order chi connectivity index (χ0) is 15.9. The number of hydrogen-bond donors (Lipinski definition) is 1. The summed E-state index contributed by atoms with van der Waals surface area (Å²) in [6, 6.07) is 10.7. The van der Waals surface area contributed by atoms with Crippen LogP contribution in [-0.4, -0.2) is 46.7 Å². The molecule has 1 aromatic heterocycles. The number of imidazole rings is 1. The molecular formula is C18H24N4O. The standard InChI is InChI=1S/C18H24N4O/c23-18(22-14-10-19-15-22)20-9-4-11-21-12-7-17(8-13-21)16-5-2-1-3-6-16/h1-3,5-6,10,14-15,17H,4,7-9,11-13H2,(H,20,23). The normalized spacial score (nSPS) is 16.3. The fourth-order valence-corrected chi connectivity index (χ4v) is 3.18. The molecule has 1 N–H and O–H groups in total. The van der Waals surface area contributed by atoms with Crippen molar-refractivity contribution in [2.75, 3.05) is 26.2 Å². The summed E-state index contributed by atoms with van der Waals surface area (Å²) in [7, 11) is 0. The highest BCUT2D eigenvalue weighted by Gasteiger charge is 2.19. The average molecular weight is 312 g/mol. The molecule has 1 aromatic carbocycles. The first kappa shape index (κ1) is 15.7. The van der Waals surface area contributed by atoms with Crippen LogP contribution < -0.4 is 5.32 Å². The number of hydrogen-bond acceptors (Lipinski definition) is 3. The van der Waals surface area contributed by atoms with Crippen molar-refractivity contribution in [1.82, 2.24) is 19.8 Å². The Morgan fingerprint density at radius 2 is 2.00 bits per heavy atom. The van der Waals surface area contributed by atoms with Crippen LogP contribution in [0.2, 0.25) is 0 Å². The molecule has 0 atom stereocenters. The number of nitrogens with one attached hydrogen (secondary N) is 1. The second-order valence-corrected chi connectivity index (χ2v) is 6.08. The highest BCUT2D eigenvalue weighted by molar-refractivity contribution is 5.76. The monoisotopic (exact) mass is 312 g/mol. The number of carbonyl (C=O) groups excluding carboxylic acids is 1. The third-order valence-electron chi connectivity index (χ3n) is 4.52. The molecule has 5 nitrogen and oxygen atoms in total. The number of likely N-dealkylation sites (tertiary alicyclic amines) is 1. The number of aromatic nitrogens is 2. The summed E-state index contributed by atoms with van der Waals surface area (Å²) < 4.78 is 1.46. The first-order valence-electron chi connectivity index (χ1n) is 8.36. The molecule has 0 spiro atoms. The van der Waals surface area contributed by atoms with E-state index in [9.17, 15) is 4.79 Å². The highest BCUT2D eigenvalue weighted by atomic mass is 16.2. The molecule has 2 heterocycles. The zero-order valence-corrected chi connectivity index (χ0v) is 13.4. The zero-order valence-electron chi connectivity index (χ0n) is 13.4. The van der Waals surface area contributed by atoms with Crippen molar-refractivity contribution in [2.45, 2.75) is 25.2 Å². The minimum Gasteiger partial charge on any atom is -0.337 e. The molecule has 5 heteroatoms. The summed E-state index contributed by atoms with van der Waals surface area (Å²) in [6.45, 7) is 4.05. The third-order valence-corrected chi connectivity index (χ3v) is 4.52. The summed E-state index contributed by atoms with van der Waals surface area (Å²) in [5, 5.41) is 2.92. The quantitative estimate of drug-likeness (QED) is 0.864. The minimum absolute atomic E-state index is 0.106. The fraction of sp³-hybridized carbons (Fsp3) is 0.444. The topological polar surface area (TPSA) is 50.2 Å². The molecular weight excluding hydrogens is 288 g/mol. The van der Waals surface area contributed by atoms with E-state index in [4.69, 9.17) is 0 Å². The van der Waals surface area contributed by atoms with Crippen molar-refractivity contribution in [3.05, 3.63) is 54.6 Å².